The van der Waals surface area contributed by atoms with E-state index in [4.69, 9.17) is 4.74 Å². The highest BCUT2D eigenvalue weighted by molar-refractivity contribution is 5.84. The molecule has 0 spiro atoms. The van der Waals surface area contributed by atoms with Crippen LogP contribution in [0.3, 0.4) is 0 Å². The first-order valence-electron chi connectivity index (χ1n) is 6.66. The molecule has 0 bridgehead atoms. The van der Waals surface area contributed by atoms with Crippen LogP contribution >= 0.6 is 0 Å². The van der Waals surface area contributed by atoms with Crippen LogP contribution in [0.15, 0.2) is 36.8 Å². The van der Waals surface area contributed by atoms with Crippen molar-refractivity contribution in [3.8, 4) is 5.75 Å². The SMILES string of the molecule is CC(=O)NC(Cc1cnc[nH]1)C(=O)Oc1ccc([N+](=O)[O-])cc1. The fourth-order valence-corrected chi connectivity index (χ4v) is 1.88. The highest BCUT2D eigenvalue weighted by atomic mass is 16.6. The number of nitro benzene ring substituents is 1. The zero-order valence-electron chi connectivity index (χ0n) is 12.2. The van der Waals surface area contributed by atoms with E-state index < -0.39 is 16.9 Å². The highest BCUT2D eigenvalue weighted by Gasteiger charge is 2.23. The maximum absolute atomic E-state index is 12.2. The number of hydrogen-bond donors (Lipinski definition) is 2. The number of carbonyl (C=O) groups is 2. The van der Waals surface area contributed by atoms with Crippen molar-refractivity contribution in [3.05, 3.63) is 52.6 Å². The number of amides is 1. The maximum atomic E-state index is 12.2. The second-order valence-corrected chi connectivity index (χ2v) is 4.71. The highest BCUT2D eigenvalue weighted by Crippen LogP contribution is 2.18. The fourth-order valence-electron chi connectivity index (χ4n) is 1.88. The van der Waals surface area contributed by atoms with Crippen molar-refractivity contribution in [1.82, 2.24) is 15.3 Å². The Kier molecular flexibility index (Phi) is 5.03. The van der Waals surface area contributed by atoms with Crippen molar-refractivity contribution in [3.63, 3.8) is 0 Å². The first kappa shape index (κ1) is 16.1. The Labute approximate surface area is 130 Å². The van der Waals surface area contributed by atoms with Gasteiger partial charge in [-0.15, -0.1) is 0 Å². The minimum atomic E-state index is -0.900. The molecule has 0 radical (unpaired) electrons. The van der Waals surface area contributed by atoms with Crippen LogP contribution < -0.4 is 10.1 Å². The number of nitrogens with zero attached hydrogens (tertiary/aromatic N) is 2. The Morgan fingerprint density at radius 1 is 1.39 bits per heavy atom. The lowest BCUT2D eigenvalue weighted by Crippen LogP contribution is -2.43. The standard InChI is InChI=1S/C14H14N4O5/c1-9(19)17-13(6-10-7-15-8-16-10)14(20)23-12-4-2-11(3-5-12)18(21)22/h2-5,7-8,13H,6H2,1H3,(H,15,16)(H,17,19). The Morgan fingerprint density at radius 2 is 2.09 bits per heavy atom. The quantitative estimate of drug-likeness (QED) is 0.353. The van der Waals surface area contributed by atoms with Crippen LogP contribution in [0.5, 0.6) is 5.75 Å². The summed E-state index contributed by atoms with van der Waals surface area (Å²) < 4.78 is 5.15. The number of rotatable bonds is 6. The van der Waals surface area contributed by atoms with Crippen LogP contribution in [0.1, 0.15) is 12.6 Å². The number of carbonyl (C=O) groups excluding carboxylic acids is 2. The van der Waals surface area contributed by atoms with Crippen LogP contribution in [-0.2, 0) is 16.0 Å². The van der Waals surface area contributed by atoms with Crippen LogP contribution in [0.4, 0.5) is 5.69 Å². The van der Waals surface area contributed by atoms with Gasteiger partial charge in [0.15, 0.2) is 0 Å². The largest absolute Gasteiger partial charge is 0.425 e. The van der Waals surface area contributed by atoms with Gasteiger partial charge < -0.3 is 15.0 Å². The number of nitro groups is 1. The Bertz CT molecular complexity index is 696. The van der Waals surface area contributed by atoms with Crippen molar-refractivity contribution >= 4 is 17.6 Å². The molecule has 2 aromatic rings. The Morgan fingerprint density at radius 3 is 2.61 bits per heavy atom. The van der Waals surface area contributed by atoms with E-state index in [9.17, 15) is 19.7 Å². The number of benzene rings is 1. The third-order valence-corrected chi connectivity index (χ3v) is 2.91. The molecule has 2 rings (SSSR count). The van der Waals surface area contributed by atoms with E-state index in [0.717, 1.165) is 0 Å². The van der Waals surface area contributed by atoms with Gasteiger partial charge in [0.25, 0.3) is 5.69 Å². The van der Waals surface area contributed by atoms with E-state index in [1.807, 2.05) is 0 Å². The molecule has 1 aromatic heterocycles. The zero-order valence-corrected chi connectivity index (χ0v) is 12.2. The molecule has 9 heteroatoms. The lowest BCUT2D eigenvalue weighted by Gasteiger charge is -2.15. The van der Waals surface area contributed by atoms with Gasteiger partial charge in [0.05, 0.1) is 11.3 Å². The monoisotopic (exact) mass is 318 g/mol. The minimum absolute atomic E-state index is 0.110. The lowest BCUT2D eigenvalue weighted by molar-refractivity contribution is -0.384. The van der Waals surface area contributed by atoms with E-state index in [1.165, 1.54) is 43.7 Å². The van der Waals surface area contributed by atoms with E-state index in [1.54, 1.807) is 0 Å². The summed E-state index contributed by atoms with van der Waals surface area (Å²) >= 11 is 0. The summed E-state index contributed by atoms with van der Waals surface area (Å²) in [6.45, 7) is 1.29. The first-order chi connectivity index (χ1) is 11.0. The van der Waals surface area contributed by atoms with E-state index in [0.29, 0.717) is 5.69 Å². The zero-order chi connectivity index (χ0) is 16.8. The Hall–Kier alpha value is -3.23. The molecule has 0 saturated heterocycles. The topological polar surface area (TPSA) is 127 Å². The third-order valence-electron chi connectivity index (χ3n) is 2.91. The summed E-state index contributed by atoms with van der Waals surface area (Å²) in [6.07, 6.45) is 3.18. The minimum Gasteiger partial charge on any atom is -0.425 e. The number of imidazole rings is 1. The van der Waals surface area contributed by atoms with Crippen LogP contribution in [-0.4, -0.2) is 32.8 Å². The molecular formula is C14H14N4O5. The van der Waals surface area contributed by atoms with Crippen molar-refractivity contribution in [2.24, 2.45) is 0 Å². The number of esters is 1. The molecular weight excluding hydrogens is 304 g/mol. The van der Waals surface area contributed by atoms with Crippen LogP contribution in [0.2, 0.25) is 0 Å². The number of nitrogens with one attached hydrogen (secondary N) is 2. The average Bonchev–Trinajstić information content (AvgIpc) is 2.99. The molecule has 0 fully saturated rings. The normalized spacial score (nSPS) is 11.5. The predicted octanol–water partition coefficient (Wildman–Crippen LogP) is 0.971. The molecule has 2 N–H and O–H groups in total. The summed E-state index contributed by atoms with van der Waals surface area (Å²) in [5.74, 6) is -0.903. The van der Waals surface area contributed by atoms with Gasteiger partial charge in [0.1, 0.15) is 11.8 Å². The number of aromatic amines is 1. The molecule has 1 atom stereocenters. The third kappa shape index (κ3) is 4.63. The molecule has 1 heterocycles. The van der Waals surface area contributed by atoms with Crippen molar-refractivity contribution < 1.29 is 19.2 Å². The van der Waals surface area contributed by atoms with E-state index >= 15 is 0 Å². The van der Waals surface area contributed by atoms with Gasteiger partial charge in [-0.1, -0.05) is 0 Å². The molecule has 0 saturated carbocycles. The Balaban J connectivity index is 2.07. The second kappa shape index (κ2) is 7.16. The summed E-state index contributed by atoms with van der Waals surface area (Å²) in [6, 6.07) is 4.19. The smallest absolute Gasteiger partial charge is 0.334 e. The van der Waals surface area contributed by atoms with E-state index in [2.05, 4.69) is 15.3 Å². The van der Waals surface area contributed by atoms with E-state index in [-0.39, 0.29) is 23.8 Å². The lowest BCUT2D eigenvalue weighted by atomic mass is 10.1. The van der Waals surface area contributed by atoms with Gasteiger partial charge in [-0.3, -0.25) is 14.9 Å². The predicted molar refractivity (Wildman–Crippen MR) is 78.6 cm³/mol. The molecule has 9 nitrogen and oxygen atoms in total. The number of hydrogen-bond acceptors (Lipinski definition) is 6. The number of aromatic nitrogens is 2. The molecule has 0 aliphatic heterocycles. The summed E-state index contributed by atoms with van der Waals surface area (Å²) in [5.41, 5.74) is 0.546. The van der Waals surface area contributed by atoms with Gasteiger partial charge >= 0.3 is 5.97 Å². The summed E-state index contributed by atoms with van der Waals surface area (Å²) in [4.78, 5) is 40.1. The van der Waals surface area contributed by atoms with Crippen LogP contribution in [0, 0.1) is 10.1 Å². The van der Waals surface area contributed by atoms with Crippen molar-refractivity contribution in [2.75, 3.05) is 0 Å². The second-order valence-electron chi connectivity index (χ2n) is 4.71. The maximum Gasteiger partial charge on any atom is 0.334 e. The van der Waals surface area contributed by atoms with Crippen molar-refractivity contribution in [1.29, 1.82) is 0 Å². The average molecular weight is 318 g/mol. The van der Waals surface area contributed by atoms with Gasteiger partial charge in [0.2, 0.25) is 5.91 Å². The van der Waals surface area contributed by atoms with Crippen LogP contribution in [0.25, 0.3) is 0 Å². The molecule has 1 unspecified atom stereocenters. The fraction of sp³-hybridized carbons (Fsp3) is 0.214. The molecule has 1 aromatic carbocycles. The van der Waals surface area contributed by atoms with Gasteiger partial charge in [-0.25, -0.2) is 9.78 Å². The molecule has 1 amide bonds. The van der Waals surface area contributed by atoms with Gasteiger partial charge in [0, 0.05) is 37.4 Å². The van der Waals surface area contributed by atoms with Crippen molar-refractivity contribution in [2.45, 2.75) is 19.4 Å². The number of ether oxygens (including phenoxy) is 1. The molecule has 0 aliphatic carbocycles. The summed E-state index contributed by atoms with van der Waals surface area (Å²) in [7, 11) is 0. The molecule has 23 heavy (non-hydrogen) atoms. The molecule has 120 valence electrons. The van der Waals surface area contributed by atoms with Gasteiger partial charge in [-0.05, 0) is 12.1 Å². The number of non-ortho nitro benzene ring substituents is 1. The molecule has 0 aliphatic rings. The first-order valence-corrected chi connectivity index (χ1v) is 6.66. The number of H-pyrrole nitrogens is 1. The summed E-state index contributed by atoms with van der Waals surface area (Å²) in [5, 5.41) is 13.1. The van der Waals surface area contributed by atoms with Gasteiger partial charge in [-0.2, -0.15) is 0 Å².